The summed E-state index contributed by atoms with van der Waals surface area (Å²) in [6.45, 7) is 18.0. The number of esters is 3. The second-order valence-corrected chi connectivity index (χ2v) is 18.9. The highest BCUT2D eigenvalue weighted by Crippen LogP contribution is 2.14. The van der Waals surface area contributed by atoms with Crippen molar-refractivity contribution in [1.82, 2.24) is 35.0 Å². The summed E-state index contributed by atoms with van der Waals surface area (Å²) in [5.41, 5.74) is -1.92. The van der Waals surface area contributed by atoms with Crippen molar-refractivity contribution >= 4 is 35.7 Å². The molecule has 0 spiro atoms. The van der Waals surface area contributed by atoms with Gasteiger partial charge in [-0.15, -0.1) is 4.73 Å². The Morgan fingerprint density at radius 1 is 0.615 bits per heavy atom. The van der Waals surface area contributed by atoms with Gasteiger partial charge in [-0.1, -0.05) is 36.4 Å². The summed E-state index contributed by atoms with van der Waals surface area (Å²) in [4.78, 5) is 104. The molecule has 1 unspecified atom stereocenters. The number of carboxylic acid groups (broad SMARTS) is 1. The minimum atomic E-state index is -1.15. The third-order valence-corrected chi connectivity index (χ3v) is 9.64. The Labute approximate surface area is 382 Å². The fraction of sp³-hybridized carbons (Fsp3) is 0.630. The van der Waals surface area contributed by atoms with Crippen molar-refractivity contribution in [1.29, 1.82) is 0 Å². The lowest BCUT2D eigenvalue weighted by molar-refractivity contribution is -0.158. The number of ether oxygens (including phenoxy) is 3. The first-order chi connectivity index (χ1) is 30.4. The number of hydrogen-bond donors (Lipinski definition) is 3. The van der Waals surface area contributed by atoms with Gasteiger partial charge in [0.2, 0.25) is 5.91 Å². The number of amides is 2. The van der Waals surface area contributed by atoms with Gasteiger partial charge in [-0.3, -0.25) is 53.2 Å². The fourth-order valence-corrected chi connectivity index (χ4v) is 6.78. The number of carboxylic acids is 1. The summed E-state index contributed by atoms with van der Waals surface area (Å²) >= 11 is 0. The number of aromatic nitrogens is 1. The van der Waals surface area contributed by atoms with Crippen LogP contribution in [-0.2, 0) is 44.8 Å². The van der Waals surface area contributed by atoms with Crippen molar-refractivity contribution < 1.29 is 52.9 Å². The van der Waals surface area contributed by atoms with Crippen molar-refractivity contribution in [3.8, 4) is 0 Å². The molecule has 65 heavy (non-hydrogen) atoms. The fourth-order valence-electron chi connectivity index (χ4n) is 6.78. The molecule has 0 aliphatic carbocycles. The van der Waals surface area contributed by atoms with E-state index in [1.165, 1.54) is 18.2 Å². The van der Waals surface area contributed by atoms with Crippen LogP contribution >= 0.6 is 0 Å². The predicted octanol–water partition coefficient (Wildman–Crippen LogP) is 1.80. The molecule has 1 aromatic heterocycles. The summed E-state index contributed by atoms with van der Waals surface area (Å²) in [6, 6.07) is 12.2. The highest BCUT2D eigenvalue weighted by Gasteiger charge is 2.30. The lowest BCUT2D eigenvalue weighted by atomic mass is 10.1. The van der Waals surface area contributed by atoms with Crippen LogP contribution in [0.5, 0.6) is 0 Å². The van der Waals surface area contributed by atoms with Crippen molar-refractivity contribution in [2.45, 2.75) is 105 Å². The van der Waals surface area contributed by atoms with Crippen LogP contribution in [0.2, 0.25) is 0 Å². The van der Waals surface area contributed by atoms with Crippen molar-refractivity contribution in [2.24, 2.45) is 0 Å². The van der Waals surface area contributed by atoms with Crippen molar-refractivity contribution in [3.05, 3.63) is 70.1 Å². The molecule has 1 saturated heterocycles. The minimum Gasteiger partial charge on any atom is -0.480 e. The molecule has 1 aromatic carbocycles. The maximum atomic E-state index is 13.1. The first-order valence-electron chi connectivity index (χ1n) is 22.1. The normalized spacial score (nSPS) is 16.0. The second kappa shape index (κ2) is 25.4. The molecular weight excluding hydrogens is 843 g/mol. The second-order valence-electron chi connectivity index (χ2n) is 18.9. The van der Waals surface area contributed by atoms with Gasteiger partial charge in [-0.25, -0.2) is 0 Å². The maximum absolute atomic E-state index is 13.1. The number of benzene rings is 1. The van der Waals surface area contributed by atoms with E-state index < -0.39 is 64.1 Å². The Bertz CT molecular complexity index is 1890. The molecule has 0 saturated carbocycles. The van der Waals surface area contributed by atoms with Gasteiger partial charge in [0.25, 0.3) is 11.5 Å². The summed E-state index contributed by atoms with van der Waals surface area (Å²) in [5, 5.41) is 15.9. The van der Waals surface area contributed by atoms with E-state index >= 15 is 0 Å². The number of rotatable bonds is 18. The Balaban J connectivity index is 1.73. The van der Waals surface area contributed by atoms with Gasteiger partial charge in [0.15, 0.2) is 0 Å². The van der Waals surface area contributed by atoms with Crippen molar-refractivity contribution in [3.63, 3.8) is 0 Å². The Kier molecular flexibility index (Phi) is 21.1. The number of hydrogen-bond acceptors (Lipinski definition) is 15. The predicted molar refractivity (Wildman–Crippen MR) is 242 cm³/mol. The molecule has 2 amide bonds. The van der Waals surface area contributed by atoms with Gasteiger partial charge in [0, 0.05) is 77.9 Å². The number of nitrogens with one attached hydrogen (secondary N) is 2. The van der Waals surface area contributed by atoms with E-state index in [1.54, 1.807) is 67.2 Å². The van der Waals surface area contributed by atoms with Gasteiger partial charge in [-0.2, -0.15) is 0 Å². The third kappa shape index (κ3) is 21.9. The number of nitrogens with zero attached hydrogens (tertiary/aromatic N) is 5. The topological polar surface area (TPSA) is 219 Å². The van der Waals surface area contributed by atoms with Crippen LogP contribution in [0, 0.1) is 0 Å². The molecule has 1 fully saturated rings. The van der Waals surface area contributed by atoms with E-state index in [4.69, 9.17) is 19.0 Å². The van der Waals surface area contributed by atoms with Crippen LogP contribution < -0.4 is 21.0 Å². The lowest BCUT2D eigenvalue weighted by Crippen LogP contribution is -2.52. The Morgan fingerprint density at radius 2 is 1.06 bits per heavy atom. The molecule has 2 aromatic rings. The Morgan fingerprint density at radius 3 is 1.51 bits per heavy atom. The van der Waals surface area contributed by atoms with Gasteiger partial charge >= 0.3 is 23.9 Å². The van der Waals surface area contributed by atoms with Gasteiger partial charge in [0.1, 0.15) is 35.1 Å². The molecule has 362 valence electrons. The summed E-state index contributed by atoms with van der Waals surface area (Å²) in [5.74, 6) is -3.53. The highest BCUT2D eigenvalue weighted by molar-refractivity contribution is 5.92. The number of carbonyl (C=O) groups excluding carboxylic acids is 5. The average molecular weight is 914 g/mol. The Hall–Kier alpha value is -5.37. The molecule has 1 aliphatic rings. The summed E-state index contributed by atoms with van der Waals surface area (Å²) in [7, 11) is 0. The summed E-state index contributed by atoms with van der Waals surface area (Å²) < 4.78 is 17.8. The van der Waals surface area contributed by atoms with Crippen LogP contribution in [0.25, 0.3) is 0 Å². The minimum absolute atomic E-state index is 0.0109. The smallest absolute Gasteiger partial charge is 0.320 e. The molecule has 19 nitrogen and oxygen atoms in total. The maximum Gasteiger partial charge on any atom is 0.320 e. The van der Waals surface area contributed by atoms with E-state index in [1.807, 2.05) is 45.0 Å². The number of pyridine rings is 1. The standard InChI is InChI=1S/C46H71N7O12/c1-44(2,3)63-39(56)30-49-22-24-50(31-40(57)64-45(4,5)6)26-28-52(29-27-51(25-23-49)32-41(58)65-46(7,8)9)36(43(60)61)18-19-37(54)47-20-21-48-42(59)35-16-13-17-38(55)53(35)62-33-34-14-11-10-12-15-34/h10-17,36H,18-33H2,1-9H3,(H,47,54)(H,48,59)(H,60,61). The highest BCUT2D eigenvalue weighted by atomic mass is 16.7. The molecule has 3 N–H and O–H groups in total. The molecule has 1 atom stereocenters. The largest absolute Gasteiger partial charge is 0.480 e. The first-order valence-corrected chi connectivity index (χ1v) is 22.1. The molecule has 19 heteroatoms. The SMILES string of the molecule is CC(C)(C)OC(=O)CN1CCN(CC(=O)OC(C)(C)C)CCN(C(CCC(=O)NCCNC(=O)c2cccc(=O)n2OCc2ccccc2)C(=O)O)CCN(CC(=O)OC(C)(C)C)CC1. The third-order valence-electron chi connectivity index (χ3n) is 9.64. The van der Waals surface area contributed by atoms with E-state index in [9.17, 15) is 38.7 Å². The van der Waals surface area contributed by atoms with Gasteiger partial charge in [0.05, 0.1) is 19.6 Å². The molecule has 3 rings (SSSR count). The molecule has 2 heterocycles. The van der Waals surface area contributed by atoms with Crippen LogP contribution in [0.15, 0.2) is 53.3 Å². The number of carbonyl (C=O) groups is 6. The first kappa shape index (κ1) is 54.0. The molecule has 1 aliphatic heterocycles. The zero-order valence-electron chi connectivity index (χ0n) is 39.7. The van der Waals surface area contributed by atoms with Crippen molar-refractivity contribution in [2.75, 3.05) is 85.1 Å². The van der Waals surface area contributed by atoms with Crippen LogP contribution in [-0.4, -0.2) is 173 Å². The van der Waals surface area contributed by atoms with E-state index in [0.717, 1.165) is 10.3 Å². The van der Waals surface area contributed by atoms with Gasteiger partial charge < -0.3 is 34.8 Å². The number of aliphatic carboxylic acids is 1. The van der Waals surface area contributed by atoms with Crippen LogP contribution in [0.3, 0.4) is 0 Å². The van der Waals surface area contributed by atoms with Crippen LogP contribution in [0.1, 0.15) is 91.2 Å². The van der Waals surface area contributed by atoms with E-state index in [-0.39, 0.29) is 84.0 Å². The van der Waals surface area contributed by atoms with Crippen LogP contribution in [0.4, 0.5) is 0 Å². The zero-order chi connectivity index (χ0) is 48.4. The average Bonchev–Trinajstić information content (AvgIpc) is 3.17. The van der Waals surface area contributed by atoms with E-state index in [2.05, 4.69) is 10.6 Å². The monoisotopic (exact) mass is 914 g/mol. The molecular formula is C46H71N7O12. The van der Waals surface area contributed by atoms with Gasteiger partial charge in [-0.05, 0) is 80.4 Å². The lowest BCUT2D eigenvalue weighted by Gasteiger charge is -2.36. The van der Waals surface area contributed by atoms with E-state index in [0.29, 0.717) is 26.2 Å². The zero-order valence-corrected chi connectivity index (χ0v) is 39.7. The molecule has 0 radical (unpaired) electrons. The quantitative estimate of drug-likeness (QED) is 0.110. The molecule has 0 bridgehead atoms. The summed E-state index contributed by atoms with van der Waals surface area (Å²) in [6.07, 6.45) is -0.222.